The first-order valence-electron chi connectivity index (χ1n) is 6.56. The Hall–Kier alpha value is 0.0700. The summed E-state index contributed by atoms with van der Waals surface area (Å²) in [6.45, 7) is 1.01. The number of hydrogen-bond acceptors (Lipinski definition) is 4. The highest BCUT2D eigenvalue weighted by molar-refractivity contribution is 7.89. The Labute approximate surface area is 126 Å². The molecule has 0 aliphatic carbocycles. The van der Waals surface area contributed by atoms with Gasteiger partial charge >= 0.3 is 0 Å². The molecule has 1 aliphatic heterocycles. The molecule has 20 heavy (non-hydrogen) atoms. The fraction of sp³-hybridized carbons (Fsp3) is 1.00. The van der Waals surface area contributed by atoms with Crippen molar-refractivity contribution in [3.63, 3.8) is 0 Å². The van der Waals surface area contributed by atoms with Crippen LogP contribution in [0.1, 0.15) is 25.7 Å². The van der Waals surface area contributed by atoms with Crippen molar-refractivity contribution in [3.8, 4) is 0 Å². The van der Waals surface area contributed by atoms with Crippen LogP contribution in [0, 0.1) is 5.92 Å². The number of sulfonamides is 1. The van der Waals surface area contributed by atoms with Gasteiger partial charge in [0.15, 0.2) is 0 Å². The summed E-state index contributed by atoms with van der Waals surface area (Å²) in [5, 5.41) is 4.87. The molecular weight excluding hydrogens is 326 g/mol. The lowest BCUT2D eigenvalue weighted by atomic mass is 10.0. The molecule has 1 saturated heterocycles. The van der Waals surface area contributed by atoms with Crippen molar-refractivity contribution in [2.45, 2.75) is 25.7 Å². The number of alkyl halides is 1. The smallest absolute Gasteiger partial charge is 0.216 e. The minimum atomic E-state index is -3.73. The molecule has 1 rings (SSSR count). The lowest BCUT2D eigenvalue weighted by molar-refractivity contribution is 0.267. The molecular formula is C10H22ClN3O4S2. The maximum absolute atomic E-state index is 12.1. The van der Waals surface area contributed by atoms with Crippen LogP contribution < -0.4 is 9.86 Å². The number of nitrogens with two attached hydrogens (primary N) is 1. The third-order valence-electron chi connectivity index (χ3n) is 3.23. The molecule has 0 aromatic rings. The molecule has 0 radical (unpaired) electrons. The van der Waals surface area contributed by atoms with E-state index in [4.69, 9.17) is 16.7 Å². The second kappa shape index (κ2) is 7.90. The highest BCUT2D eigenvalue weighted by atomic mass is 35.5. The van der Waals surface area contributed by atoms with E-state index in [-0.39, 0.29) is 18.2 Å². The second-order valence-electron chi connectivity index (χ2n) is 4.97. The third kappa shape index (κ3) is 6.68. The van der Waals surface area contributed by atoms with E-state index in [1.807, 2.05) is 0 Å². The topological polar surface area (TPSA) is 110 Å². The SMILES string of the molecule is NS(=O)(=O)NCC1CCCN(S(=O)(=O)CCCCCl)C1. The summed E-state index contributed by atoms with van der Waals surface area (Å²) in [7, 11) is -7.00. The van der Waals surface area contributed by atoms with E-state index >= 15 is 0 Å². The summed E-state index contributed by atoms with van der Waals surface area (Å²) in [5.41, 5.74) is 0. The molecule has 0 aromatic heterocycles. The van der Waals surface area contributed by atoms with Crippen molar-refractivity contribution in [2.24, 2.45) is 11.1 Å². The molecule has 0 amide bonds. The summed E-state index contributed by atoms with van der Waals surface area (Å²) in [6, 6.07) is 0. The van der Waals surface area contributed by atoms with Gasteiger partial charge < -0.3 is 0 Å². The number of nitrogens with zero attached hydrogens (tertiary/aromatic N) is 1. The van der Waals surface area contributed by atoms with E-state index in [9.17, 15) is 16.8 Å². The zero-order chi connectivity index (χ0) is 15.2. The predicted molar refractivity (Wildman–Crippen MR) is 79.1 cm³/mol. The summed E-state index contributed by atoms with van der Waals surface area (Å²) in [6.07, 6.45) is 2.73. The van der Waals surface area contributed by atoms with Gasteiger partial charge in [-0.2, -0.15) is 8.42 Å². The Kier molecular flexibility index (Phi) is 7.16. The lowest BCUT2D eigenvalue weighted by Gasteiger charge is -2.31. The highest BCUT2D eigenvalue weighted by Crippen LogP contribution is 2.19. The fourth-order valence-corrected chi connectivity index (χ4v) is 4.52. The molecule has 0 bridgehead atoms. The quantitative estimate of drug-likeness (QED) is 0.469. The van der Waals surface area contributed by atoms with Crippen molar-refractivity contribution >= 4 is 31.8 Å². The van der Waals surface area contributed by atoms with E-state index in [1.54, 1.807) is 0 Å². The van der Waals surface area contributed by atoms with Gasteiger partial charge in [-0.05, 0) is 31.6 Å². The zero-order valence-electron chi connectivity index (χ0n) is 11.3. The molecule has 1 unspecified atom stereocenters. The number of hydrogen-bond donors (Lipinski definition) is 2. The Morgan fingerprint density at radius 1 is 1.25 bits per heavy atom. The van der Waals surface area contributed by atoms with Gasteiger partial charge in [0.25, 0.3) is 10.2 Å². The first-order valence-corrected chi connectivity index (χ1v) is 10.2. The maximum atomic E-state index is 12.1. The lowest BCUT2D eigenvalue weighted by Crippen LogP contribution is -2.45. The van der Waals surface area contributed by atoms with E-state index in [1.165, 1.54) is 4.31 Å². The number of unbranched alkanes of at least 4 members (excludes halogenated alkanes) is 1. The standard InChI is InChI=1S/C10H22ClN3O4S2/c11-5-1-2-7-19(15,16)14-6-3-4-10(9-14)8-13-20(12,17)18/h10,13H,1-9H2,(H2,12,17,18). The number of halogens is 1. The van der Waals surface area contributed by atoms with Crippen molar-refractivity contribution in [1.29, 1.82) is 0 Å². The van der Waals surface area contributed by atoms with Gasteiger partial charge in [-0.1, -0.05) is 0 Å². The van der Waals surface area contributed by atoms with Gasteiger partial charge in [0, 0.05) is 25.5 Å². The first-order chi connectivity index (χ1) is 9.24. The average molecular weight is 348 g/mol. The van der Waals surface area contributed by atoms with Crippen LogP contribution in [0.25, 0.3) is 0 Å². The van der Waals surface area contributed by atoms with Crippen LogP contribution in [0.5, 0.6) is 0 Å². The predicted octanol–water partition coefficient (Wildman–Crippen LogP) is -0.160. The average Bonchev–Trinajstić information content (AvgIpc) is 2.36. The number of rotatable bonds is 8. The van der Waals surface area contributed by atoms with Crippen LogP contribution in [0.2, 0.25) is 0 Å². The summed E-state index contributed by atoms with van der Waals surface area (Å²) in [5.74, 6) is 0.510. The van der Waals surface area contributed by atoms with Gasteiger partial charge in [-0.25, -0.2) is 22.6 Å². The van der Waals surface area contributed by atoms with Gasteiger partial charge in [0.1, 0.15) is 0 Å². The number of nitrogens with one attached hydrogen (secondary N) is 1. The molecule has 3 N–H and O–H groups in total. The Morgan fingerprint density at radius 3 is 2.55 bits per heavy atom. The van der Waals surface area contributed by atoms with Crippen LogP contribution in [0.3, 0.4) is 0 Å². The summed E-state index contributed by atoms with van der Waals surface area (Å²) in [4.78, 5) is 0. The molecule has 0 saturated carbocycles. The molecule has 120 valence electrons. The third-order valence-corrected chi connectivity index (χ3v) is 5.99. The fourth-order valence-electron chi connectivity index (χ4n) is 2.19. The van der Waals surface area contributed by atoms with E-state index in [0.717, 1.165) is 12.8 Å². The molecule has 7 nitrogen and oxygen atoms in total. The molecule has 0 spiro atoms. The van der Waals surface area contributed by atoms with Crippen molar-refractivity contribution in [3.05, 3.63) is 0 Å². The normalized spacial score (nSPS) is 22.0. The monoisotopic (exact) mass is 347 g/mol. The minimum absolute atomic E-state index is 0.0372. The first kappa shape index (κ1) is 18.1. The largest absolute Gasteiger partial charge is 0.274 e. The van der Waals surface area contributed by atoms with Crippen molar-refractivity contribution in [1.82, 2.24) is 9.03 Å². The van der Waals surface area contributed by atoms with Crippen LogP contribution in [-0.2, 0) is 20.2 Å². The van der Waals surface area contributed by atoms with Gasteiger partial charge in [0.2, 0.25) is 10.0 Å². The molecule has 1 atom stereocenters. The Balaban J connectivity index is 2.51. The summed E-state index contributed by atoms with van der Waals surface area (Å²) >= 11 is 5.54. The van der Waals surface area contributed by atoms with Crippen molar-refractivity contribution < 1.29 is 16.8 Å². The Morgan fingerprint density at radius 2 is 1.95 bits per heavy atom. The van der Waals surface area contributed by atoms with Gasteiger partial charge in [-0.15, -0.1) is 11.6 Å². The van der Waals surface area contributed by atoms with E-state index in [2.05, 4.69) is 4.72 Å². The minimum Gasteiger partial charge on any atom is -0.216 e. The second-order valence-corrected chi connectivity index (χ2v) is 8.82. The number of piperidine rings is 1. The highest BCUT2D eigenvalue weighted by Gasteiger charge is 2.28. The van der Waals surface area contributed by atoms with E-state index < -0.39 is 20.2 Å². The molecule has 1 heterocycles. The van der Waals surface area contributed by atoms with Crippen LogP contribution in [0.15, 0.2) is 0 Å². The van der Waals surface area contributed by atoms with E-state index in [0.29, 0.717) is 31.8 Å². The zero-order valence-corrected chi connectivity index (χ0v) is 13.7. The van der Waals surface area contributed by atoms with Crippen LogP contribution in [0.4, 0.5) is 0 Å². The summed E-state index contributed by atoms with van der Waals surface area (Å²) < 4.78 is 49.6. The molecule has 0 aromatic carbocycles. The van der Waals surface area contributed by atoms with Crippen molar-refractivity contribution in [2.75, 3.05) is 31.3 Å². The maximum Gasteiger partial charge on any atom is 0.274 e. The molecule has 1 aliphatic rings. The van der Waals surface area contributed by atoms with Crippen LogP contribution in [-0.4, -0.2) is 52.4 Å². The molecule has 1 fully saturated rings. The van der Waals surface area contributed by atoms with Gasteiger partial charge in [0.05, 0.1) is 5.75 Å². The Bertz CT molecular complexity index is 495. The molecule has 10 heteroatoms. The van der Waals surface area contributed by atoms with Crippen LogP contribution >= 0.6 is 11.6 Å². The van der Waals surface area contributed by atoms with Gasteiger partial charge in [-0.3, -0.25) is 0 Å².